The quantitative estimate of drug-likeness (QED) is 0.787. The summed E-state index contributed by atoms with van der Waals surface area (Å²) < 4.78 is 20.0. The third kappa shape index (κ3) is 4.60. The number of piperidine rings is 1. The number of nitriles is 1. The molecule has 7 nitrogen and oxygen atoms in total. The van der Waals surface area contributed by atoms with E-state index in [9.17, 15) is 14.0 Å². The van der Waals surface area contributed by atoms with Gasteiger partial charge in [-0.25, -0.2) is 9.18 Å². The third-order valence-electron chi connectivity index (χ3n) is 4.92. The number of nitrogens with one attached hydrogen (secondary N) is 1. The van der Waals surface area contributed by atoms with Gasteiger partial charge in [0.25, 0.3) is 0 Å². The zero-order chi connectivity index (χ0) is 20.1. The van der Waals surface area contributed by atoms with Crippen LogP contribution in [-0.2, 0) is 9.53 Å². The number of hydrogen-bond acceptors (Lipinski definition) is 5. The molecule has 1 atom stereocenters. The van der Waals surface area contributed by atoms with Crippen molar-refractivity contribution in [3.63, 3.8) is 0 Å². The fourth-order valence-corrected chi connectivity index (χ4v) is 3.45. The van der Waals surface area contributed by atoms with Crippen molar-refractivity contribution < 1.29 is 18.7 Å². The van der Waals surface area contributed by atoms with Crippen LogP contribution in [0.15, 0.2) is 29.8 Å². The standard InChI is InChI=1S/C20H23FN4O3/c1-14(26)23-12-17-13-25(20(27)28-17)16-4-5-19(18(21)11-16)24-9-6-15(7-10-24)3-2-8-22/h3-5,11,17H,2,6-7,9-10,12-13H2,1H3,(H,23,26). The number of carbonyl (C=O) groups excluding carboxylic acids is 2. The Morgan fingerprint density at radius 2 is 2.18 bits per heavy atom. The summed E-state index contributed by atoms with van der Waals surface area (Å²) in [6, 6.07) is 6.85. The maximum Gasteiger partial charge on any atom is 0.414 e. The van der Waals surface area contributed by atoms with E-state index in [2.05, 4.69) is 11.4 Å². The summed E-state index contributed by atoms with van der Waals surface area (Å²) in [6.07, 6.45) is 2.98. The van der Waals surface area contributed by atoms with Gasteiger partial charge in [0.05, 0.1) is 37.0 Å². The topological polar surface area (TPSA) is 85.7 Å². The number of anilines is 2. The molecule has 0 aromatic heterocycles. The smallest absolute Gasteiger partial charge is 0.414 e. The fourth-order valence-electron chi connectivity index (χ4n) is 3.45. The van der Waals surface area contributed by atoms with Crippen LogP contribution in [0.4, 0.5) is 20.6 Å². The summed E-state index contributed by atoms with van der Waals surface area (Å²) in [5.74, 6) is -0.586. The highest BCUT2D eigenvalue weighted by atomic mass is 19.1. The molecule has 2 amide bonds. The van der Waals surface area contributed by atoms with E-state index in [0.29, 0.717) is 30.9 Å². The predicted octanol–water partition coefficient (Wildman–Crippen LogP) is 2.73. The molecule has 1 unspecified atom stereocenters. The van der Waals surface area contributed by atoms with E-state index >= 15 is 0 Å². The number of ether oxygens (including phenoxy) is 1. The van der Waals surface area contributed by atoms with Gasteiger partial charge in [-0.15, -0.1) is 0 Å². The van der Waals surface area contributed by atoms with E-state index in [1.807, 2.05) is 11.0 Å². The number of rotatable bonds is 5. The molecule has 2 heterocycles. The summed E-state index contributed by atoms with van der Waals surface area (Å²) in [4.78, 5) is 26.4. The van der Waals surface area contributed by atoms with Gasteiger partial charge >= 0.3 is 6.09 Å². The van der Waals surface area contributed by atoms with Crippen LogP contribution in [0.1, 0.15) is 26.2 Å². The monoisotopic (exact) mass is 386 g/mol. The zero-order valence-corrected chi connectivity index (χ0v) is 15.8. The van der Waals surface area contributed by atoms with Crippen LogP contribution >= 0.6 is 0 Å². The van der Waals surface area contributed by atoms with Crippen molar-refractivity contribution in [2.24, 2.45) is 0 Å². The predicted molar refractivity (Wildman–Crippen MR) is 102 cm³/mol. The summed E-state index contributed by atoms with van der Waals surface area (Å²) in [5.41, 5.74) is 2.17. The van der Waals surface area contributed by atoms with E-state index in [1.165, 1.54) is 23.5 Å². The van der Waals surface area contributed by atoms with E-state index in [-0.39, 0.29) is 24.8 Å². The summed E-state index contributed by atoms with van der Waals surface area (Å²) in [7, 11) is 0. The molecule has 28 heavy (non-hydrogen) atoms. The fraction of sp³-hybridized carbons (Fsp3) is 0.450. The normalized spacial score (nSPS) is 19.2. The second-order valence-electron chi connectivity index (χ2n) is 6.90. The Kier molecular flexibility index (Phi) is 6.14. The highest BCUT2D eigenvalue weighted by Gasteiger charge is 2.33. The SMILES string of the molecule is CC(=O)NCC1CN(c2ccc(N3CCC(=CCC#N)CC3)c(F)c2)C(=O)O1. The number of cyclic esters (lactones) is 1. The first-order valence-electron chi connectivity index (χ1n) is 9.30. The Labute approximate surface area is 163 Å². The van der Waals surface area contributed by atoms with Gasteiger partial charge in [-0.2, -0.15) is 5.26 Å². The van der Waals surface area contributed by atoms with Crippen LogP contribution in [0.25, 0.3) is 0 Å². The summed E-state index contributed by atoms with van der Waals surface area (Å²) >= 11 is 0. The number of benzene rings is 1. The van der Waals surface area contributed by atoms with Crippen LogP contribution in [0.5, 0.6) is 0 Å². The number of amides is 2. The molecular weight excluding hydrogens is 363 g/mol. The molecule has 148 valence electrons. The molecule has 0 spiro atoms. The third-order valence-corrected chi connectivity index (χ3v) is 4.92. The van der Waals surface area contributed by atoms with Crippen molar-refractivity contribution in [2.45, 2.75) is 32.3 Å². The average molecular weight is 386 g/mol. The number of carbonyl (C=O) groups is 2. The van der Waals surface area contributed by atoms with Crippen molar-refractivity contribution in [3.05, 3.63) is 35.7 Å². The second-order valence-corrected chi connectivity index (χ2v) is 6.90. The molecule has 0 radical (unpaired) electrons. The summed E-state index contributed by atoms with van der Waals surface area (Å²) in [6.45, 7) is 3.27. The number of halogens is 1. The molecule has 2 fully saturated rings. The van der Waals surface area contributed by atoms with Crippen LogP contribution in [0.3, 0.4) is 0 Å². The molecule has 1 N–H and O–H groups in total. The van der Waals surface area contributed by atoms with Crippen molar-refractivity contribution in [1.82, 2.24) is 5.32 Å². The Morgan fingerprint density at radius 3 is 2.82 bits per heavy atom. The highest BCUT2D eigenvalue weighted by molar-refractivity contribution is 5.90. The molecule has 2 aliphatic rings. The lowest BCUT2D eigenvalue weighted by molar-refractivity contribution is -0.119. The van der Waals surface area contributed by atoms with E-state index < -0.39 is 12.2 Å². The molecule has 0 aliphatic carbocycles. The Bertz CT molecular complexity index is 823. The Morgan fingerprint density at radius 1 is 1.43 bits per heavy atom. The second kappa shape index (κ2) is 8.74. The molecule has 2 aliphatic heterocycles. The average Bonchev–Trinajstić information content (AvgIpc) is 3.06. The lowest BCUT2D eigenvalue weighted by Crippen LogP contribution is -2.33. The minimum absolute atomic E-state index is 0.197. The van der Waals surface area contributed by atoms with Crippen LogP contribution < -0.4 is 15.1 Å². The zero-order valence-electron chi connectivity index (χ0n) is 15.8. The van der Waals surface area contributed by atoms with Crippen molar-refractivity contribution in [3.8, 4) is 6.07 Å². The largest absolute Gasteiger partial charge is 0.442 e. The lowest BCUT2D eigenvalue weighted by Gasteiger charge is -2.31. The first kappa shape index (κ1) is 19.7. The molecular formula is C20H23FN4O3. The first-order chi connectivity index (χ1) is 13.5. The molecule has 2 saturated heterocycles. The molecule has 1 aromatic carbocycles. The minimum Gasteiger partial charge on any atom is -0.442 e. The number of nitrogens with zero attached hydrogens (tertiary/aromatic N) is 3. The van der Waals surface area contributed by atoms with Gasteiger partial charge in [0.15, 0.2) is 0 Å². The van der Waals surface area contributed by atoms with Gasteiger partial charge in [0.1, 0.15) is 11.9 Å². The first-order valence-corrected chi connectivity index (χ1v) is 9.30. The lowest BCUT2D eigenvalue weighted by atomic mass is 10.0. The van der Waals surface area contributed by atoms with Crippen molar-refractivity contribution >= 4 is 23.4 Å². The van der Waals surface area contributed by atoms with Gasteiger partial charge < -0.3 is 15.0 Å². The molecule has 1 aromatic rings. The van der Waals surface area contributed by atoms with E-state index in [0.717, 1.165) is 12.8 Å². The van der Waals surface area contributed by atoms with Crippen molar-refractivity contribution in [2.75, 3.05) is 36.0 Å². The molecule has 8 heteroatoms. The molecule has 3 rings (SSSR count). The minimum atomic E-state index is -0.548. The van der Waals surface area contributed by atoms with E-state index in [1.54, 1.807) is 12.1 Å². The van der Waals surface area contributed by atoms with Crippen LogP contribution in [0.2, 0.25) is 0 Å². The van der Waals surface area contributed by atoms with Crippen LogP contribution in [-0.4, -0.2) is 44.3 Å². The molecule has 0 saturated carbocycles. The highest BCUT2D eigenvalue weighted by Crippen LogP contribution is 2.30. The summed E-state index contributed by atoms with van der Waals surface area (Å²) in [5, 5.41) is 11.3. The Balaban J connectivity index is 1.64. The van der Waals surface area contributed by atoms with Crippen LogP contribution in [0, 0.1) is 17.1 Å². The number of allylic oxidation sites excluding steroid dienone is 1. The van der Waals surface area contributed by atoms with E-state index in [4.69, 9.17) is 10.00 Å². The Hall–Kier alpha value is -3.08. The van der Waals surface area contributed by atoms with Gasteiger partial charge in [0, 0.05) is 20.0 Å². The van der Waals surface area contributed by atoms with Gasteiger partial charge in [-0.1, -0.05) is 11.6 Å². The van der Waals surface area contributed by atoms with Gasteiger partial charge in [0.2, 0.25) is 5.91 Å². The maximum atomic E-state index is 14.7. The number of hydrogen-bond donors (Lipinski definition) is 1. The van der Waals surface area contributed by atoms with Crippen molar-refractivity contribution in [1.29, 1.82) is 5.26 Å². The maximum absolute atomic E-state index is 14.7. The van der Waals surface area contributed by atoms with Gasteiger partial charge in [-0.05, 0) is 31.0 Å². The molecule has 0 bridgehead atoms. The van der Waals surface area contributed by atoms with Gasteiger partial charge in [-0.3, -0.25) is 9.69 Å².